The summed E-state index contributed by atoms with van der Waals surface area (Å²) >= 11 is 12.2. The molecule has 0 fully saturated rings. The van der Waals surface area contributed by atoms with Gasteiger partial charge in [0.15, 0.2) is 0 Å². The van der Waals surface area contributed by atoms with Crippen molar-refractivity contribution in [1.82, 2.24) is 10.2 Å². The molecule has 0 aliphatic carbocycles. The number of nitrogens with one attached hydrogen (secondary N) is 1. The Hall–Kier alpha value is -2.89. The molecular formula is C28H29Cl2FN2O2. The van der Waals surface area contributed by atoms with Gasteiger partial charge in [0.05, 0.1) is 16.5 Å². The number of nitrogens with zero attached hydrogens (tertiary/aromatic N) is 1. The largest absolute Gasteiger partial charge is 0.352 e. The number of hydrogen-bond donors (Lipinski definition) is 1. The monoisotopic (exact) mass is 514 g/mol. The van der Waals surface area contributed by atoms with Crippen molar-refractivity contribution in [1.29, 1.82) is 0 Å². The van der Waals surface area contributed by atoms with Gasteiger partial charge in [-0.1, -0.05) is 84.7 Å². The summed E-state index contributed by atoms with van der Waals surface area (Å²) < 4.78 is 14.6. The second kappa shape index (κ2) is 12.7. The lowest BCUT2D eigenvalue weighted by molar-refractivity contribution is -0.141. The normalized spacial score (nSPS) is 12.6. The van der Waals surface area contributed by atoms with E-state index in [1.165, 1.54) is 11.0 Å². The Morgan fingerprint density at radius 1 is 0.943 bits per heavy atom. The molecule has 0 saturated carbocycles. The average Bonchev–Trinajstić information content (AvgIpc) is 2.85. The Bertz CT molecular complexity index is 1160. The van der Waals surface area contributed by atoms with Crippen LogP contribution in [0.15, 0.2) is 72.8 Å². The molecule has 1 N–H and O–H groups in total. The van der Waals surface area contributed by atoms with Crippen LogP contribution in [-0.2, 0) is 29.0 Å². The zero-order chi connectivity index (χ0) is 25.4. The molecule has 3 aromatic carbocycles. The van der Waals surface area contributed by atoms with Crippen molar-refractivity contribution < 1.29 is 14.0 Å². The first-order chi connectivity index (χ1) is 16.8. The molecular weight excluding hydrogens is 486 g/mol. The maximum Gasteiger partial charge on any atom is 0.243 e. The van der Waals surface area contributed by atoms with Crippen LogP contribution in [-0.4, -0.2) is 28.8 Å². The van der Waals surface area contributed by atoms with Gasteiger partial charge in [-0.25, -0.2) is 4.39 Å². The van der Waals surface area contributed by atoms with Crippen LogP contribution in [0.1, 0.15) is 37.0 Å². The first kappa shape index (κ1) is 26.7. The van der Waals surface area contributed by atoms with Crippen LogP contribution in [0, 0.1) is 5.82 Å². The molecule has 0 bridgehead atoms. The molecule has 0 spiro atoms. The summed E-state index contributed by atoms with van der Waals surface area (Å²) in [4.78, 5) is 28.6. The van der Waals surface area contributed by atoms with Crippen molar-refractivity contribution in [3.63, 3.8) is 0 Å². The van der Waals surface area contributed by atoms with Crippen LogP contribution in [0.5, 0.6) is 0 Å². The van der Waals surface area contributed by atoms with Gasteiger partial charge in [0.2, 0.25) is 11.8 Å². The molecule has 4 nitrogen and oxygen atoms in total. The molecule has 0 radical (unpaired) electrons. The van der Waals surface area contributed by atoms with Crippen molar-refractivity contribution in [2.45, 2.75) is 51.7 Å². The third kappa shape index (κ3) is 7.55. The molecule has 0 aliphatic rings. The fraction of sp³-hybridized carbons (Fsp3) is 0.286. The highest BCUT2D eigenvalue weighted by atomic mass is 35.5. The summed E-state index contributed by atoms with van der Waals surface area (Å²) in [7, 11) is 0. The summed E-state index contributed by atoms with van der Waals surface area (Å²) in [6.45, 7) is 3.85. The van der Waals surface area contributed by atoms with E-state index in [0.29, 0.717) is 27.6 Å². The smallest absolute Gasteiger partial charge is 0.243 e. The van der Waals surface area contributed by atoms with Gasteiger partial charge in [-0.3, -0.25) is 9.59 Å². The van der Waals surface area contributed by atoms with Crippen LogP contribution in [0.4, 0.5) is 4.39 Å². The van der Waals surface area contributed by atoms with Gasteiger partial charge in [0.25, 0.3) is 0 Å². The SMILES string of the molecule is CC[C@H](C)NC(=O)[C@@H](Cc1ccccc1)N(Cc1ccccc1F)C(=O)Cc1ccc(Cl)c(Cl)c1. The zero-order valence-corrected chi connectivity index (χ0v) is 21.3. The van der Waals surface area contributed by atoms with Gasteiger partial charge in [-0.2, -0.15) is 0 Å². The highest BCUT2D eigenvalue weighted by molar-refractivity contribution is 6.42. The topological polar surface area (TPSA) is 49.4 Å². The minimum Gasteiger partial charge on any atom is -0.352 e. The summed E-state index contributed by atoms with van der Waals surface area (Å²) in [6.07, 6.45) is 1.03. The highest BCUT2D eigenvalue weighted by Gasteiger charge is 2.31. The zero-order valence-electron chi connectivity index (χ0n) is 19.8. The maximum atomic E-state index is 14.6. The Morgan fingerprint density at radius 2 is 1.63 bits per heavy atom. The first-order valence-electron chi connectivity index (χ1n) is 11.6. The lowest BCUT2D eigenvalue weighted by Gasteiger charge is -2.32. The summed E-state index contributed by atoms with van der Waals surface area (Å²) in [6, 6.07) is 19.9. The van der Waals surface area contributed by atoms with E-state index >= 15 is 0 Å². The molecule has 3 aromatic rings. The average molecular weight is 515 g/mol. The fourth-order valence-electron chi connectivity index (χ4n) is 3.73. The number of benzene rings is 3. The number of rotatable bonds is 10. The van der Waals surface area contributed by atoms with E-state index in [-0.39, 0.29) is 30.8 Å². The van der Waals surface area contributed by atoms with E-state index in [2.05, 4.69) is 5.32 Å². The van der Waals surface area contributed by atoms with E-state index in [0.717, 1.165) is 12.0 Å². The Kier molecular flexibility index (Phi) is 9.70. The molecule has 0 aromatic heterocycles. The number of carbonyl (C=O) groups excluding carboxylic acids is 2. The van der Waals surface area contributed by atoms with Crippen molar-refractivity contribution in [2.24, 2.45) is 0 Å². The number of hydrogen-bond acceptors (Lipinski definition) is 2. The standard InChI is InChI=1S/C28H29Cl2FN2O2/c1-3-19(2)32-28(35)26(16-20-9-5-4-6-10-20)33(18-22-11-7-8-12-25(22)31)27(34)17-21-13-14-23(29)24(30)15-21/h4-15,19,26H,3,16-18H2,1-2H3,(H,32,35)/t19-,26+/m0/s1. The molecule has 2 atom stereocenters. The quantitative estimate of drug-likeness (QED) is 0.348. The number of halogens is 3. The van der Waals surface area contributed by atoms with Crippen LogP contribution in [0.3, 0.4) is 0 Å². The summed E-state index contributed by atoms with van der Waals surface area (Å²) in [5.41, 5.74) is 1.89. The lowest BCUT2D eigenvalue weighted by atomic mass is 10.0. The van der Waals surface area contributed by atoms with Crippen LogP contribution in [0.25, 0.3) is 0 Å². The van der Waals surface area contributed by atoms with Crippen molar-refractivity contribution in [3.05, 3.63) is 105 Å². The van der Waals surface area contributed by atoms with Crippen molar-refractivity contribution in [3.8, 4) is 0 Å². The third-order valence-corrected chi connectivity index (χ3v) is 6.65. The third-order valence-electron chi connectivity index (χ3n) is 5.91. The van der Waals surface area contributed by atoms with E-state index in [1.54, 1.807) is 36.4 Å². The Balaban J connectivity index is 1.99. The highest BCUT2D eigenvalue weighted by Crippen LogP contribution is 2.24. The van der Waals surface area contributed by atoms with Gasteiger partial charge >= 0.3 is 0 Å². The Labute approximate surface area is 216 Å². The number of amides is 2. The van der Waals surface area contributed by atoms with E-state index < -0.39 is 11.9 Å². The fourth-order valence-corrected chi connectivity index (χ4v) is 4.05. The van der Waals surface area contributed by atoms with E-state index in [9.17, 15) is 14.0 Å². The first-order valence-corrected chi connectivity index (χ1v) is 12.3. The van der Waals surface area contributed by atoms with E-state index in [1.807, 2.05) is 44.2 Å². The van der Waals surface area contributed by atoms with E-state index in [4.69, 9.17) is 23.2 Å². The minimum absolute atomic E-state index is 0.00670. The molecule has 7 heteroatoms. The maximum absolute atomic E-state index is 14.6. The summed E-state index contributed by atoms with van der Waals surface area (Å²) in [5, 5.41) is 3.73. The van der Waals surface area contributed by atoms with Crippen LogP contribution < -0.4 is 5.32 Å². The molecule has 3 rings (SSSR count). The second-order valence-electron chi connectivity index (χ2n) is 8.56. The molecule has 0 unspecified atom stereocenters. The molecule has 2 amide bonds. The van der Waals surface area contributed by atoms with Gasteiger partial charge in [0.1, 0.15) is 11.9 Å². The van der Waals surface area contributed by atoms with Gasteiger partial charge in [0, 0.05) is 24.6 Å². The van der Waals surface area contributed by atoms with Crippen molar-refractivity contribution >= 4 is 35.0 Å². The Morgan fingerprint density at radius 3 is 2.29 bits per heavy atom. The predicted octanol–water partition coefficient (Wildman–Crippen LogP) is 6.23. The van der Waals surface area contributed by atoms with Gasteiger partial charge in [-0.05, 0) is 42.7 Å². The number of carbonyl (C=O) groups is 2. The molecule has 0 heterocycles. The van der Waals surface area contributed by atoms with Gasteiger partial charge in [-0.15, -0.1) is 0 Å². The molecule has 0 saturated heterocycles. The van der Waals surface area contributed by atoms with Crippen molar-refractivity contribution in [2.75, 3.05) is 0 Å². The predicted molar refractivity (Wildman–Crippen MR) is 139 cm³/mol. The van der Waals surface area contributed by atoms with Gasteiger partial charge < -0.3 is 10.2 Å². The molecule has 184 valence electrons. The minimum atomic E-state index is -0.832. The lowest BCUT2D eigenvalue weighted by Crippen LogP contribution is -2.52. The van der Waals surface area contributed by atoms with Crippen LogP contribution in [0.2, 0.25) is 10.0 Å². The molecule has 0 aliphatic heterocycles. The van der Waals surface area contributed by atoms with Crippen LogP contribution >= 0.6 is 23.2 Å². The second-order valence-corrected chi connectivity index (χ2v) is 9.38. The summed E-state index contributed by atoms with van der Waals surface area (Å²) in [5.74, 6) is -1.02. The molecule has 35 heavy (non-hydrogen) atoms.